The van der Waals surface area contributed by atoms with Gasteiger partial charge in [0.2, 0.25) is 5.91 Å². The highest BCUT2D eigenvalue weighted by Crippen LogP contribution is 2.42. The molecule has 1 aromatic carbocycles. The quantitative estimate of drug-likeness (QED) is 0.746. The smallest absolute Gasteiger partial charge is 0.252 e. The van der Waals surface area contributed by atoms with E-state index in [1.54, 1.807) is 25.2 Å². The van der Waals surface area contributed by atoms with Crippen molar-refractivity contribution in [2.75, 3.05) is 12.4 Å². The third kappa shape index (κ3) is 4.27. The highest BCUT2D eigenvalue weighted by molar-refractivity contribution is 6.34. The zero-order valence-electron chi connectivity index (χ0n) is 14.3. The molecule has 0 spiro atoms. The van der Waals surface area contributed by atoms with E-state index < -0.39 is 0 Å². The topological polar surface area (TPSA) is 84.2 Å². The second-order valence-electron chi connectivity index (χ2n) is 6.96. The Kier molecular flexibility index (Phi) is 6.72. The molecule has 2 unspecified atom stereocenters. The fourth-order valence-corrected chi connectivity index (χ4v) is 4.43. The summed E-state index contributed by atoms with van der Waals surface area (Å²) in [6.07, 6.45) is 5.23. The Morgan fingerprint density at radius 2 is 1.84 bits per heavy atom. The molecule has 0 aliphatic heterocycles. The number of nitrogens with two attached hydrogens (primary N) is 1. The van der Waals surface area contributed by atoms with Crippen molar-refractivity contribution in [3.63, 3.8) is 0 Å². The Labute approximate surface area is 159 Å². The van der Waals surface area contributed by atoms with E-state index in [9.17, 15) is 9.59 Å². The average Bonchev–Trinajstić information content (AvgIpc) is 2.54. The largest absolute Gasteiger partial charge is 0.355 e. The minimum atomic E-state index is -0.244. The highest BCUT2D eigenvalue weighted by atomic mass is 35.5. The van der Waals surface area contributed by atoms with Gasteiger partial charge in [-0.3, -0.25) is 9.59 Å². The van der Waals surface area contributed by atoms with Crippen LogP contribution in [0.2, 0.25) is 5.02 Å². The molecule has 25 heavy (non-hydrogen) atoms. The van der Waals surface area contributed by atoms with E-state index in [-0.39, 0.29) is 36.2 Å². The first-order valence-electron chi connectivity index (χ1n) is 8.57. The lowest BCUT2D eigenvalue weighted by atomic mass is 9.65. The fraction of sp³-hybridized carbons (Fsp3) is 0.556. The summed E-state index contributed by atoms with van der Waals surface area (Å²) in [6.45, 7) is 0. The van der Waals surface area contributed by atoms with Crippen LogP contribution >= 0.6 is 24.0 Å². The normalized spacial score (nSPS) is 27.8. The molecule has 2 bridgehead atoms. The van der Waals surface area contributed by atoms with Crippen molar-refractivity contribution in [2.24, 2.45) is 23.5 Å². The monoisotopic (exact) mass is 385 g/mol. The molecule has 0 saturated heterocycles. The minimum Gasteiger partial charge on any atom is -0.355 e. The van der Waals surface area contributed by atoms with Gasteiger partial charge in [-0.15, -0.1) is 12.4 Å². The third-order valence-corrected chi connectivity index (χ3v) is 5.80. The summed E-state index contributed by atoms with van der Waals surface area (Å²) in [5, 5.41) is 5.81. The molecule has 2 amide bonds. The van der Waals surface area contributed by atoms with Crippen molar-refractivity contribution in [1.82, 2.24) is 5.32 Å². The second kappa shape index (κ2) is 8.39. The van der Waals surface area contributed by atoms with Gasteiger partial charge in [0.25, 0.3) is 5.91 Å². The van der Waals surface area contributed by atoms with Gasteiger partial charge in [0.15, 0.2) is 0 Å². The van der Waals surface area contributed by atoms with Crippen molar-refractivity contribution in [2.45, 2.75) is 38.1 Å². The summed E-state index contributed by atoms with van der Waals surface area (Å²) in [5.74, 6) is 0.729. The molecule has 1 aromatic rings. The molecule has 0 heterocycles. The Morgan fingerprint density at radius 1 is 1.20 bits per heavy atom. The van der Waals surface area contributed by atoms with Gasteiger partial charge in [-0.25, -0.2) is 0 Å². The zero-order valence-corrected chi connectivity index (χ0v) is 15.8. The fourth-order valence-electron chi connectivity index (χ4n) is 4.16. The number of carbonyl (C=O) groups is 2. The SMILES string of the molecule is CNC(=O)c1ccc(NC(=O)C2CC3CCCC(C2)C3N)cc1Cl.Cl. The molecular formula is C18H25Cl2N3O2. The van der Waals surface area contributed by atoms with Gasteiger partial charge < -0.3 is 16.4 Å². The van der Waals surface area contributed by atoms with Crippen molar-refractivity contribution < 1.29 is 9.59 Å². The zero-order chi connectivity index (χ0) is 17.3. The van der Waals surface area contributed by atoms with E-state index in [2.05, 4.69) is 10.6 Å². The predicted molar refractivity (Wildman–Crippen MR) is 102 cm³/mol. The van der Waals surface area contributed by atoms with Gasteiger partial charge in [0.05, 0.1) is 10.6 Å². The standard InChI is InChI=1S/C18H24ClN3O2.ClH/c1-21-18(24)14-6-5-13(9-15(14)19)22-17(23)12-7-10-3-2-4-11(8-12)16(10)20;/h5-6,9-12,16H,2-4,7-8,20H2,1H3,(H,21,24)(H,22,23);1H. The van der Waals surface area contributed by atoms with Crippen LogP contribution in [0.4, 0.5) is 5.69 Å². The number of nitrogens with one attached hydrogen (secondary N) is 2. The molecule has 2 fully saturated rings. The lowest BCUT2D eigenvalue weighted by Crippen LogP contribution is -2.48. The van der Waals surface area contributed by atoms with E-state index in [4.69, 9.17) is 17.3 Å². The Hall–Kier alpha value is -1.30. The molecule has 4 N–H and O–H groups in total. The summed E-state index contributed by atoms with van der Waals surface area (Å²) in [4.78, 5) is 24.3. The number of halogens is 2. The van der Waals surface area contributed by atoms with Gasteiger partial charge in [-0.1, -0.05) is 18.0 Å². The van der Waals surface area contributed by atoms with Crippen LogP contribution in [0, 0.1) is 17.8 Å². The Balaban J connectivity index is 0.00000225. The number of hydrogen-bond acceptors (Lipinski definition) is 3. The highest BCUT2D eigenvalue weighted by Gasteiger charge is 2.40. The maximum absolute atomic E-state index is 12.6. The summed E-state index contributed by atoms with van der Waals surface area (Å²) in [7, 11) is 1.55. The van der Waals surface area contributed by atoms with E-state index in [1.807, 2.05) is 0 Å². The van der Waals surface area contributed by atoms with Gasteiger partial charge in [0.1, 0.15) is 0 Å². The molecule has 7 heteroatoms. The predicted octanol–water partition coefficient (Wildman–Crippen LogP) is 3.21. The molecule has 3 rings (SSSR count). The maximum Gasteiger partial charge on any atom is 0.252 e. The first-order chi connectivity index (χ1) is 11.5. The van der Waals surface area contributed by atoms with Crippen LogP contribution in [0.1, 0.15) is 42.5 Å². The van der Waals surface area contributed by atoms with Gasteiger partial charge >= 0.3 is 0 Å². The van der Waals surface area contributed by atoms with Gasteiger partial charge in [-0.05, 0) is 55.7 Å². The molecule has 138 valence electrons. The summed E-state index contributed by atoms with van der Waals surface area (Å²) in [6, 6.07) is 5.22. The summed E-state index contributed by atoms with van der Waals surface area (Å²) >= 11 is 6.14. The van der Waals surface area contributed by atoms with Crippen LogP contribution < -0.4 is 16.4 Å². The lowest BCUT2D eigenvalue weighted by Gasteiger charge is -2.43. The van der Waals surface area contributed by atoms with Crippen LogP contribution in [0.5, 0.6) is 0 Å². The van der Waals surface area contributed by atoms with Crippen LogP contribution in [0.15, 0.2) is 18.2 Å². The number of anilines is 1. The lowest BCUT2D eigenvalue weighted by molar-refractivity contribution is -0.122. The number of benzene rings is 1. The molecule has 5 nitrogen and oxygen atoms in total. The van der Waals surface area contributed by atoms with Crippen LogP contribution in [-0.2, 0) is 4.79 Å². The second-order valence-corrected chi connectivity index (χ2v) is 7.37. The first-order valence-corrected chi connectivity index (χ1v) is 8.95. The molecule has 0 aromatic heterocycles. The van der Waals surface area contributed by atoms with Crippen molar-refractivity contribution in [1.29, 1.82) is 0 Å². The van der Waals surface area contributed by atoms with Crippen molar-refractivity contribution >= 4 is 41.5 Å². The molecule has 2 atom stereocenters. The Bertz CT molecular complexity index is 639. The van der Waals surface area contributed by atoms with E-state index in [1.165, 1.54) is 6.42 Å². The number of fused-ring (bicyclic) bond motifs is 2. The van der Waals surface area contributed by atoms with Crippen molar-refractivity contribution in [3.8, 4) is 0 Å². The third-order valence-electron chi connectivity index (χ3n) is 5.49. The summed E-state index contributed by atoms with van der Waals surface area (Å²) in [5.41, 5.74) is 7.31. The van der Waals surface area contributed by atoms with E-state index in [0.717, 1.165) is 25.7 Å². The Morgan fingerprint density at radius 3 is 2.40 bits per heavy atom. The molecule has 2 aliphatic rings. The number of hydrogen-bond donors (Lipinski definition) is 3. The van der Waals surface area contributed by atoms with Gasteiger partial charge in [-0.2, -0.15) is 0 Å². The van der Waals surface area contributed by atoms with E-state index >= 15 is 0 Å². The maximum atomic E-state index is 12.6. The van der Waals surface area contributed by atoms with E-state index in [0.29, 0.717) is 28.1 Å². The number of amides is 2. The molecule has 2 saturated carbocycles. The molecule has 0 radical (unpaired) electrons. The van der Waals surface area contributed by atoms with Crippen LogP contribution in [-0.4, -0.2) is 24.9 Å². The number of rotatable bonds is 3. The average molecular weight is 386 g/mol. The van der Waals surface area contributed by atoms with Gasteiger partial charge in [0, 0.05) is 24.7 Å². The molecular weight excluding hydrogens is 361 g/mol. The molecule has 2 aliphatic carbocycles. The van der Waals surface area contributed by atoms with Crippen molar-refractivity contribution in [3.05, 3.63) is 28.8 Å². The number of carbonyl (C=O) groups excluding carboxylic acids is 2. The van der Waals surface area contributed by atoms with Crippen LogP contribution in [0.25, 0.3) is 0 Å². The summed E-state index contributed by atoms with van der Waals surface area (Å²) < 4.78 is 0. The minimum absolute atomic E-state index is 0. The first kappa shape index (κ1) is 20.0. The van der Waals surface area contributed by atoms with Crippen LogP contribution in [0.3, 0.4) is 0 Å².